The van der Waals surface area contributed by atoms with Crippen LogP contribution in [0.4, 0.5) is 5.69 Å². The van der Waals surface area contributed by atoms with Gasteiger partial charge in [0.05, 0.1) is 13.7 Å². The Morgan fingerprint density at radius 2 is 1.88 bits per heavy atom. The lowest BCUT2D eigenvalue weighted by Crippen LogP contribution is -2.46. The molecular weight excluding hydrogens is 338 g/mol. The van der Waals surface area contributed by atoms with Crippen molar-refractivity contribution in [3.8, 4) is 5.75 Å². The molecule has 3 rings (SSSR count). The van der Waals surface area contributed by atoms with Gasteiger partial charge in [-0.25, -0.2) is 0 Å². The molecule has 4 N–H and O–H groups in total. The molecule has 0 radical (unpaired) electrons. The fourth-order valence-electron chi connectivity index (χ4n) is 2.32. The van der Waals surface area contributed by atoms with Crippen molar-refractivity contribution in [2.45, 2.75) is 6.04 Å². The number of amides is 2. The lowest BCUT2D eigenvalue weighted by molar-refractivity contribution is -0.118. The molecule has 0 aliphatic carbocycles. The van der Waals surface area contributed by atoms with Crippen LogP contribution in [0.1, 0.15) is 10.4 Å². The molecule has 1 unspecified atom stereocenters. The second-order valence-corrected chi connectivity index (χ2v) is 5.45. The molecular formula is C17H17N5O4. The van der Waals surface area contributed by atoms with E-state index in [1.54, 1.807) is 49.6 Å². The summed E-state index contributed by atoms with van der Waals surface area (Å²) in [5.41, 5.74) is 1.98. The third kappa shape index (κ3) is 3.78. The van der Waals surface area contributed by atoms with Crippen LogP contribution in [0.2, 0.25) is 0 Å². The molecule has 0 saturated carbocycles. The number of ether oxygens (including phenoxy) is 1. The summed E-state index contributed by atoms with van der Waals surface area (Å²) in [6.07, 6.45) is 0. The van der Waals surface area contributed by atoms with Crippen molar-refractivity contribution in [2.24, 2.45) is 0 Å². The third-order valence-electron chi connectivity index (χ3n) is 3.74. The highest BCUT2D eigenvalue weighted by Crippen LogP contribution is 2.15. The Kier molecular flexibility index (Phi) is 5.09. The molecule has 0 aliphatic heterocycles. The number of hydrogen-bond donors (Lipinski definition) is 4. The number of carbonyl (C=O) groups is 2. The largest absolute Gasteiger partial charge is 0.497 e. The number of aliphatic hydroxyl groups excluding tert-OH is 1. The minimum absolute atomic E-state index is 0.307. The average Bonchev–Trinajstić information content (AvgIpc) is 3.14. The first-order valence-corrected chi connectivity index (χ1v) is 7.78. The van der Waals surface area contributed by atoms with Gasteiger partial charge in [0.15, 0.2) is 0 Å². The number of hydrogen-bond acceptors (Lipinski definition) is 6. The predicted octanol–water partition coefficient (Wildman–Crippen LogP) is 0.696. The summed E-state index contributed by atoms with van der Waals surface area (Å²) in [6, 6.07) is 10.3. The van der Waals surface area contributed by atoms with E-state index in [9.17, 15) is 14.7 Å². The minimum Gasteiger partial charge on any atom is -0.497 e. The molecule has 9 nitrogen and oxygen atoms in total. The lowest BCUT2D eigenvalue weighted by Gasteiger charge is -2.16. The van der Waals surface area contributed by atoms with Crippen molar-refractivity contribution in [3.05, 3.63) is 48.0 Å². The Morgan fingerprint density at radius 3 is 2.58 bits per heavy atom. The number of methoxy groups -OCH3 is 1. The van der Waals surface area contributed by atoms with Gasteiger partial charge in [-0.05, 0) is 42.5 Å². The Balaban J connectivity index is 1.66. The number of aromatic amines is 1. The second-order valence-electron chi connectivity index (χ2n) is 5.45. The van der Waals surface area contributed by atoms with Gasteiger partial charge in [0.2, 0.25) is 5.91 Å². The first-order valence-electron chi connectivity index (χ1n) is 7.78. The molecule has 0 spiro atoms. The fraction of sp³-hybridized carbons (Fsp3) is 0.176. The highest BCUT2D eigenvalue weighted by atomic mass is 16.5. The monoisotopic (exact) mass is 355 g/mol. The molecule has 1 heterocycles. The fourth-order valence-corrected chi connectivity index (χ4v) is 2.32. The number of rotatable bonds is 6. The maximum atomic E-state index is 12.3. The number of aromatic nitrogens is 3. The van der Waals surface area contributed by atoms with Crippen LogP contribution in [-0.4, -0.2) is 52.1 Å². The maximum absolute atomic E-state index is 12.3. The van der Waals surface area contributed by atoms with Crippen LogP contribution in [0.25, 0.3) is 11.0 Å². The van der Waals surface area contributed by atoms with E-state index in [0.717, 1.165) is 0 Å². The van der Waals surface area contributed by atoms with Crippen molar-refractivity contribution in [2.75, 3.05) is 19.0 Å². The van der Waals surface area contributed by atoms with Gasteiger partial charge in [-0.15, -0.1) is 0 Å². The van der Waals surface area contributed by atoms with E-state index in [1.807, 2.05) is 0 Å². The molecule has 3 aromatic rings. The highest BCUT2D eigenvalue weighted by Gasteiger charge is 2.21. The van der Waals surface area contributed by atoms with Crippen molar-refractivity contribution < 1.29 is 19.4 Å². The van der Waals surface area contributed by atoms with Gasteiger partial charge in [0.1, 0.15) is 22.8 Å². The molecule has 26 heavy (non-hydrogen) atoms. The number of fused-ring (bicyclic) bond motifs is 1. The molecule has 0 bridgehead atoms. The molecule has 0 fully saturated rings. The van der Waals surface area contributed by atoms with E-state index in [4.69, 9.17) is 4.74 Å². The Bertz CT molecular complexity index is 922. The number of anilines is 1. The summed E-state index contributed by atoms with van der Waals surface area (Å²) in [5, 5.41) is 24.9. The summed E-state index contributed by atoms with van der Waals surface area (Å²) in [7, 11) is 1.54. The predicted molar refractivity (Wildman–Crippen MR) is 93.9 cm³/mol. The van der Waals surface area contributed by atoms with Crippen molar-refractivity contribution in [1.29, 1.82) is 0 Å². The van der Waals surface area contributed by atoms with Crippen LogP contribution in [0.15, 0.2) is 42.5 Å². The van der Waals surface area contributed by atoms with Crippen LogP contribution in [-0.2, 0) is 4.79 Å². The molecule has 0 aliphatic rings. The number of carbonyl (C=O) groups excluding carboxylic acids is 2. The topological polar surface area (TPSA) is 129 Å². The Morgan fingerprint density at radius 1 is 1.15 bits per heavy atom. The summed E-state index contributed by atoms with van der Waals surface area (Å²) in [5.74, 6) is -0.384. The van der Waals surface area contributed by atoms with Crippen LogP contribution in [0.3, 0.4) is 0 Å². The van der Waals surface area contributed by atoms with Gasteiger partial charge in [-0.1, -0.05) is 0 Å². The average molecular weight is 355 g/mol. The van der Waals surface area contributed by atoms with E-state index in [0.29, 0.717) is 28.0 Å². The Hall–Kier alpha value is -3.46. The van der Waals surface area contributed by atoms with Gasteiger partial charge >= 0.3 is 0 Å². The normalized spacial score (nSPS) is 11.8. The first kappa shape index (κ1) is 17.4. The van der Waals surface area contributed by atoms with Gasteiger partial charge in [0, 0.05) is 11.3 Å². The zero-order valence-corrected chi connectivity index (χ0v) is 13.9. The van der Waals surface area contributed by atoms with E-state index in [-0.39, 0.29) is 0 Å². The van der Waals surface area contributed by atoms with E-state index in [2.05, 4.69) is 26.0 Å². The van der Waals surface area contributed by atoms with Crippen molar-refractivity contribution in [3.63, 3.8) is 0 Å². The number of benzene rings is 2. The number of H-pyrrole nitrogens is 1. The van der Waals surface area contributed by atoms with Gasteiger partial charge < -0.3 is 20.5 Å². The maximum Gasteiger partial charge on any atom is 0.252 e. The summed E-state index contributed by atoms with van der Waals surface area (Å²) >= 11 is 0. The summed E-state index contributed by atoms with van der Waals surface area (Å²) < 4.78 is 5.05. The zero-order chi connectivity index (χ0) is 18.5. The SMILES string of the molecule is COc1ccc(NC(=O)C(CO)NC(=O)c2ccc3n[nH]nc3c2)cc1. The molecule has 1 aromatic heterocycles. The van der Waals surface area contributed by atoms with E-state index >= 15 is 0 Å². The standard InChI is InChI=1S/C17H17N5O4/c1-26-12-5-3-11(4-6-12)18-17(25)15(9-23)19-16(24)10-2-7-13-14(8-10)21-22-20-13/h2-8,15,23H,9H2,1H3,(H,18,25)(H,19,24)(H,20,21,22). The Labute approximate surface area is 148 Å². The van der Waals surface area contributed by atoms with Crippen LogP contribution < -0.4 is 15.4 Å². The zero-order valence-electron chi connectivity index (χ0n) is 13.9. The van der Waals surface area contributed by atoms with Gasteiger partial charge in [-0.2, -0.15) is 15.4 Å². The van der Waals surface area contributed by atoms with E-state index in [1.165, 1.54) is 0 Å². The van der Waals surface area contributed by atoms with Crippen molar-refractivity contribution >= 4 is 28.5 Å². The van der Waals surface area contributed by atoms with Gasteiger partial charge in [-0.3, -0.25) is 9.59 Å². The molecule has 0 saturated heterocycles. The number of nitrogens with zero attached hydrogens (tertiary/aromatic N) is 2. The van der Waals surface area contributed by atoms with Gasteiger partial charge in [0.25, 0.3) is 5.91 Å². The van der Waals surface area contributed by atoms with Crippen LogP contribution in [0, 0.1) is 0 Å². The minimum atomic E-state index is -1.10. The second kappa shape index (κ2) is 7.62. The molecule has 2 amide bonds. The third-order valence-corrected chi connectivity index (χ3v) is 3.74. The lowest BCUT2D eigenvalue weighted by atomic mass is 10.1. The first-order chi connectivity index (χ1) is 12.6. The summed E-state index contributed by atoms with van der Waals surface area (Å²) in [4.78, 5) is 24.6. The van der Waals surface area contributed by atoms with Crippen LogP contribution >= 0.6 is 0 Å². The molecule has 9 heteroatoms. The summed E-state index contributed by atoms with van der Waals surface area (Å²) in [6.45, 7) is -0.542. The van der Waals surface area contributed by atoms with Crippen LogP contribution in [0.5, 0.6) is 5.75 Å². The molecule has 1 atom stereocenters. The van der Waals surface area contributed by atoms with E-state index < -0.39 is 24.5 Å². The quantitative estimate of drug-likeness (QED) is 0.515. The van der Waals surface area contributed by atoms with Crippen molar-refractivity contribution in [1.82, 2.24) is 20.7 Å². The smallest absolute Gasteiger partial charge is 0.252 e. The number of nitrogens with one attached hydrogen (secondary N) is 3. The highest BCUT2D eigenvalue weighted by molar-refractivity contribution is 6.02. The molecule has 134 valence electrons. The molecule has 2 aromatic carbocycles. The number of aliphatic hydroxyl groups is 1.